The molecule has 2 heterocycles. The number of pyridine rings is 1. The van der Waals surface area contributed by atoms with E-state index in [-0.39, 0.29) is 24.7 Å². The summed E-state index contributed by atoms with van der Waals surface area (Å²) in [4.78, 5) is 28.0. The second-order valence-electron chi connectivity index (χ2n) is 3.49. The van der Waals surface area contributed by atoms with Crippen LogP contribution in [0.2, 0.25) is 5.02 Å². The molecule has 0 unspecified atom stereocenters. The molecule has 1 aromatic rings. The summed E-state index contributed by atoms with van der Waals surface area (Å²) in [5, 5.41) is 0.522. The quantitative estimate of drug-likeness (QED) is 0.677. The molecule has 0 bridgehead atoms. The molecule has 1 aliphatic rings. The van der Waals surface area contributed by atoms with Gasteiger partial charge < -0.3 is 0 Å². The zero-order chi connectivity index (χ0) is 11.0. The highest BCUT2D eigenvalue weighted by Crippen LogP contribution is 2.23. The van der Waals surface area contributed by atoms with Crippen LogP contribution in [-0.2, 0) is 9.59 Å². The van der Waals surface area contributed by atoms with Crippen molar-refractivity contribution < 1.29 is 9.59 Å². The molecule has 0 aliphatic carbocycles. The second kappa shape index (κ2) is 3.62. The van der Waals surface area contributed by atoms with Gasteiger partial charge in [0.2, 0.25) is 5.91 Å². The van der Waals surface area contributed by atoms with Crippen molar-refractivity contribution in [2.24, 2.45) is 0 Å². The van der Waals surface area contributed by atoms with E-state index in [4.69, 9.17) is 11.6 Å². The molecule has 0 aromatic carbocycles. The Balaban J connectivity index is 2.38. The summed E-state index contributed by atoms with van der Waals surface area (Å²) >= 11 is 5.76. The Morgan fingerprint density at radius 2 is 2.20 bits per heavy atom. The van der Waals surface area contributed by atoms with Gasteiger partial charge in [0, 0.05) is 6.20 Å². The maximum absolute atomic E-state index is 11.5. The highest BCUT2D eigenvalue weighted by atomic mass is 35.5. The molecule has 1 amide bonds. The van der Waals surface area contributed by atoms with Gasteiger partial charge in [0.05, 0.1) is 18.0 Å². The van der Waals surface area contributed by atoms with E-state index in [0.717, 1.165) is 5.56 Å². The number of Topliss-reactive ketones (excluding diaryl/α,β-unsaturated/α-hetero) is 1. The summed E-state index contributed by atoms with van der Waals surface area (Å²) in [6.45, 7) is 1.93. The maximum Gasteiger partial charge on any atom is 0.236 e. The van der Waals surface area contributed by atoms with E-state index in [2.05, 4.69) is 4.98 Å². The van der Waals surface area contributed by atoms with Gasteiger partial charge >= 0.3 is 0 Å². The molecule has 15 heavy (non-hydrogen) atoms. The fraction of sp³-hybridized carbons (Fsp3) is 0.300. The van der Waals surface area contributed by atoms with E-state index < -0.39 is 0 Å². The number of rotatable bonds is 1. The van der Waals surface area contributed by atoms with Crippen LogP contribution in [0.1, 0.15) is 12.0 Å². The zero-order valence-corrected chi connectivity index (χ0v) is 8.91. The molecule has 1 aliphatic heterocycles. The van der Waals surface area contributed by atoms with E-state index in [1.165, 1.54) is 11.1 Å². The van der Waals surface area contributed by atoms with Crippen molar-refractivity contribution in [2.75, 3.05) is 11.4 Å². The maximum atomic E-state index is 11.5. The Morgan fingerprint density at radius 3 is 2.73 bits per heavy atom. The Labute approximate surface area is 91.9 Å². The highest BCUT2D eigenvalue weighted by molar-refractivity contribution is 6.30. The number of carbonyl (C=O) groups is 2. The van der Waals surface area contributed by atoms with Gasteiger partial charge in [-0.05, 0) is 18.6 Å². The Hall–Kier alpha value is -1.42. The van der Waals surface area contributed by atoms with Crippen LogP contribution in [-0.4, -0.2) is 23.2 Å². The number of amides is 1. The van der Waals surface area contributed by atoms with Crippen molar-refractivity contribution in [2.45, 2.75) is 13.3 Å². The topological polar surface area (TPSA) is 50.3 Å². The smallest absolute Gasteiger partial charge is 0.236 e. The van der Waals surface area contributed by atoms with E-state index in [1.807, 2.05) is 6.92 Å². The van der Waals surface area contributed by atoms with E-state index in [1.54, 1.807) is 6.07 Å². The minimum Gasteiger partial charge on any atom is -0.297 e. The van der Waals surface area contributed by atoms with Crippen LogP contribution < -0.4 is 4.90 Å². The van der Waals surface area contributed by atoms with Gasteiger partial charge in [0.15, 0.2) is 5.78 Å². The Bertz CT molecular complexity index is 445. The monoisotopic (exact) mass is 224 g/mol. The molecule has 2 rings (SSSR count). The summed E-state index contributed by atoms with van der Waals surface area (Å²) in [5.41, 5.74) is 0.797. The van der Waals surface area contributed by atoms with Crippen molar-refractivity contribution in [3.05, 3.63) is 22.8 Å². The van der Waals surface area contributed by atoms with Gasteiger partial charge in [-0.3, -0.25) is 14.5 Å². The zero-order valence-electron chi connectivity index (χ0n) is 8.16. The molecule has 0 N–H and O–H groups in total. The molecule has 0 radical (unpaired) electrons. The molecule has 1 saturated heterocycles. The lowest BCUT2D eigenvalue weighted by Gasteiger charge is -2.15. The number of anilines is 1. The number of aromatic nitrogens is 1. The molecule has 0 atom stereocenters. The van der Waals surface area contributed by atoms with E-state index in [0.29, 0.717) is 10.8 Å². The van der Waals surface area contributed by atoms with Crippen LogP contribution in [0, 0.1) is 6.92 Å². The predicted molar refractivity (Wildman–Crippen MR) is 56.0 cm³/mol. The summed E-state index contributed by atoms with van der Waals surface area (Å²) in [5.74, 6) is 0.254. The molecule has 78 valence electrons. The second-order valence-corrected chi connectivity index (χ2v) is 3.93. The summed E-state index contributed by atoms with van der Waals surface area (Å²) in [6, 6.07) is 1.72. The van der Waals surface area contributed by atoms with Gasteiger partial charge in [-0.1, -0.05) is 11.6 Å². The van der Waals surface area contributed by atoms with Crippen LogP contribution >= 0.6 is 11.6 Å². The Morgan fingerprint density at radius 1 is 1.47 bits per heavy atom. The predicted octanol–water partition coefficient (Wildman–Crippen LogP) is 1.35. The summed E-state index contributed by atoms with van der Waals surface area (Å²) in [6.07, 6.45) is 1.45. The van der Waals surface area contributed by atoms with Gasteiger partial charge in [0.1, 0.15) is 5.82 Å². The van der Waals surface area contributed by atoms with Gasteiger partial charge in [-0.2, -0.15) is 0 Å². The number of hydrogen-bond donors (Lipinski definition) is 0. The molecular weight excluding hydrogens is 216 g/mol. The van der Waals surface area contributed by atoms with E-state index in [9.17, 15) is 9.59 Å². The third-order valence-corrected chi connectivity index (χ3v) is 2.46. The van der Waals surface area contributed by atoms with Crippen molar-refractivity contribution in [3.8, 4) is 0 Å². The number of nitrogens with zero attached hydrogens (tertiary/aromatic N) is 2. The average Bonchev–Trinajstić information content (AvgIpc) is 2.45. The molecule has 1 fully saturated rings. The largest absolute Gasteiger partial charge is 0.297 e. The summed E-state index contributed by atoms with van der Waals surface area (Å²) in [7, 11) is 0. The lowest BCUT2D eigenvalue weighted by Crippen LogP contribution is -2.26. The molecule has 0 spiro atoms. The van der Waals surface area contributed by atoms with Gasteiger partial charge in [-0.25, -0.2) is 4.98 Å². The normalized spacial score (nSPS) is 16.3. The first-order chi connectivity index (χ1) is 7.08. The fourth-order valence-corrected chi connectivity index (χ4v) is 1.81. The van der Waals surface area contributed by atoms with E-state index >= 15 is 0 Å². The standard InChI is InChI=1S/C10H9ClN2O2/c1-6-2-7(11)4-12-10(6)13-5-8(14)3-9(13)15/h2,4H,3,5H2,1H3. The lowest BCUT2D eigenvalue weighted by atomic mass is 10.3. The minimum atomic E-state index is -0.196. The third kappa shape index (κ3) is 1.85. The van der Waals surface area contributed by atoms with Crippen LogP contribution in [0.25, 0.3) is 0 Å². The summed E-state index contributed by atoms with van der Waals surface area (Å²) < 4.78 is 0. The first-order valence-corrected chi connectivity index (χ1v) is 4.90. The molecule has 1 aromatic heterocycles. The highest BCUT2D eigenvalue weighted by Gasteiger charge is 2.30. The van der Waals surface area contributed by atoms with Crippen molar-refractivity contribution >= 4 is 29.1 Å². The molecule has 4 nitrogen and oxygen atoms in total. The first kappa shape index (κ1) is 10.1. The number of carbonyl (C=O) groups excluding carboxylic acids is 2. The van der Waals surface area contributed by atoms with Crippen LogP contribution in [0.5, 0.6) is 0 Å². The lowest BCUT2D eigenvalue weighted by molar-refractivity contribution is -0.121. The number of hydrogen-bond acceptors (Lipinski definition) is 3. The van der Waals surface area contributed by atoms with Crippen molar-refractivity contribution in [3.63, 3.8) is 0 Å². The molecule has 0 saturated carbocycles. The Kier molecular flexibility index (Phi) is 2.44. The number of aryl methyl sites for hydroxylation is 1. The van der Waals surface area contributed by atoms with Crippen LogP contribution in [0.3, 0.4) is 0 Å². The number of ketones is 1. The number of halogens is 1. The molecule has 5 heteroatoms. The SMILES string of the molecule is Cc1cc(Cl)cnc1N1CC(=O)CC1=O. The van der Waals surface area contributed by atoms with Crippen molar-refractivity contribution in [1.29, 1.82) is 0 Å². The van der Waals surface area contributed by atoms with Crippen molar-refractivity contribution in [1.82, 2.24) is 4.98 Å². The molecular formula is C10H9ClN2O2. The fourth-order valence-electron chi connectivity index (χ4n) is 1.59. The first-order valence-electron chi connectivity index (χ1n) is 4.52. The minimum absolute atomic E-state index is 0.0241. The van der Waals surface area contributed by atoms with Gasteiger partial charge in [0.25, 0.3) is 0 Å². The van der Waals surface area contributed by atoms with Crippen LogP contribution in [0.4, 0.5) is 5.82 Å². The van der Waals surface area contributed by atoms with Crippen LogP contribution in [0.15, 0.2) is 12.3 Å². The third-order valence-electron chi connectivity index (χ3n) is 2.26. The van der Waals surface area contributed by atoms with Gasteiger partial charge in [-0.15, -0.1) is 0 Å². The average molecular weight is 225 g/mol.